The highest BCUT2D eigenvalue weighted by Crippen LogP contribution is 2.31. The van der Waals surface area contributed by atoms with Gasteiger partial charge in [-0.25, -0.2) is 4.79 Å². The first-order valence-corrected chi connectivity index (χ1v) is 5.47. The van der Waals surface area contributed by atoms with Gasteiger partial charge in [-0.2, -0.15) is 0 Å². The lowest BCUT2D eigenvalue weighted by Crippen LogP contribution is -1.97. The summed E-state index contributed by atoms with van der Waals surface area (Å²) >= 11 is 0. The molecule has 0 aromatic carbocycles. The fourth-order valence-corrected chi connectivity index (χ4v) is 2.16. The predicted molar refractivity (Wildman–Crippen MR) is 53.9 cm³/mol. The normalized spacial score (nSPS) is 18.7. The van der Waals surface area contributed by atoms with Crippen LogP contribution in [0.25, 0.3) is 0 Å². The topological polar surface area (TPSA) is 63.3 Å². The van der Waals surface area contributed by atoms with E-state index in [1.807, 2.05) is 0 Å². The van der Waals surface area contributed by atoms with E-state index in [4.69, 9.17) is 9.63 Å². The van der Waals surface area contributed by atoms with Crippen LogP contribution in [0.1, 0.15) is 60.7 Å². The van der Waals surface area contributed by atoms with E-state index in [1.165, 1.54) is 25.7 Å². The maximum Gasteiger partial charge on any atom is 0.374 e. The number of carboxylic acid groups (broad SMARTS) is 1. The summed E-state index contributed by atoms with van der Waals surface area (Å²) in [6, 6.07) is 1.57. The highest BCUT2D eigenvalue weighted by molar-refractivity contribution is 5.84. The molecule has 15 heavy (non-hydrogen) atoms. The van der Waals surface area contributed by atoms with Gasteiger partial charge >= 0.3 is 5.97 Å². The maximum absolute atomic E-state index is 10.6. The van der Waals surface area contributed by atoms with Crippen LogP contribution in [0.4, 0.5) is 0 Å². The molecule has 1 aromatic rings. The van der Waals surface area contributed by atoms with Crippen LogP contribution in [0.5, 0.6) is 0 Å². The monoisotopic (exact) mass is 209 g/mol. The smallest absolute Gasteiger partial charge is 0.374 e. The average Bonchev–Trinajstić information content (AvgIpc) is 2.55. The van der Waals surface area contributed by atoms with Gasteiger partial charge in [0.25, 0.3) is 0 Å². The van der Waals surface area contributed by atoms with Crippen molar-refractivity contribution in [2.75, 3.05) is 0 Å². The predicted octanol–water partition coefficient (Wildman–Crippen LogP) is 2.81. The number of carboxylic acids is 1. The number of hydrogen-bond acceptors (Lipinski definition) is 3. The zero-order valence-electron chi connectivity index (χ0n) is 8.61. The fourth-order valence-electron chi connectivity index (χ4n) is 2.16. The van der Waals surface area contributed by atoms with Crippen molar-refractivity contribution in [3.63, 3.8) is 0 Å². The molecule has 0 spiro atoms. The van der Waals surface area contributed by atoms with Crippen molar-refractivity contribution in [3.05, 3.63) is 17.5 Å². The first kappa shape index (κ1) is 10.2. The third-order valence-corrected chi connectivity index (χ3v) is 3.01. The molecule has 0 bridgehead atoms. The van der Waals surface area contributed by atoms with E-state index in [1.54, 1.807) is 6.07 Å². The molecule has 1 fully saturated rings. The Balaban J connectivity index is 2.10. The number of carbonyl (C=O) groups is 1. The Hall–Kier alpha value is -1.32. The molecule has 0 aliphatic heterocycles. The van der Waals surface area contributed by atoms with Gasteiger partial charge in [0.2, 0.25) is 5.76 Å². The van der Waals surface area contributed by atoms with E-state index in [0.29, 0.717) is 5.92 Å². The lowest BCUT2D eigenvalue weighted by atomic mass is 9.96. The Morgan fingerprint density at radius 2 is 2.00 bits per heavy atom. The molecule has 1 aromatic heterocycles. The summed E-state index contributed by atoms with van der Waals surface area (Å²) in [6.45, 7) is 0. The molecule has 1 saturated carbocycles. The largest absolute Gasteiger partial charge is 0.475 e. The molecule has 2 rings (SSSR count). The Kier molecular flexibility index (Phi) is 3.04. The lowest BCUT2D eigenvalue weighted by molar-refractivity contribution is 0.0652. The Labute approximate surface area is 88.3 Å². The molecule has 0 saturated heterocycles. The van der Waals surface area contributed by atoms with Crippen molar-refractivity contribution < 1.29 is 14.4 Å². The van der Waals surface area contributed by atoms with Crippen LogP contribution in [0, 0.1) is 0 Å². The van der Waals surface area contributed by atoms with Crippen molar-refractivity contribution in [2.24, 2.45) is 0 Å². The van der Waals surface area contributed by atoms with Gasteiger partial charge in [-0.05, 0) is 12.8 Å². The average molecular weight is 209 g/mol. The van der Waals surface area contributed by atoms with E-state index in [0.717, 1.165) is 18.5 Å². The number of hydrogen-bond donors (Lipinski definition) is 1. The third-order valence-electron chi connectivity index (χ3n) is 3.01. The third kappa shape index (κ3) is 2.37. The van der Waals surface area contributed by atoms with Gasteiger partial charge in [0.15, 0.2) is 0 Å². The molecule has 0 unspecified atom stereocenters. The molecule has 0 radical (unpaired) electrons. The highest BCUT2D eigenvalue weighted by Gasteiger charge is 2.20. The van der Waals surface area contributed by atoms with Crippen molar-refractivity contribution in [1.82, 2.24) is 5.16 Å². The van der Waals surface area contributed by atoms with Crippen molar-refractivity contribution in [2.45, 2.75) is 44.4 Å². The molecule has 0 atom stereocenters. The maximum atomic E-state index is 10.6. The van der Waals surface area contributed by atoms with Crippen LogP contribution in [-0.2, 0) is 0 Å². The molecular formula is C11H15NO3. The quantitative estimate of drug-likeness (QED) is 0.761. The first-order valence-electron chi connectivity index (χ1n) is 5.47. The Bertz CT molecular complexity index is 337. The van der Waals surface area contributed by atoms with Crippen LogP contribution in [-0.4, -0.2) is 16.2 Å². The van der Waals surface area contributed by atoms with E-state index in [2.05, 4.69) is 5.16 Å². The Morgan fingerprint density at radius 3 is 2.53 bits per heavy atom. The fraction of sp³-hybridized carbons (Fsp3) is 0.636. The number of rotatable bonds is 2. The van der Waals surface area contributed by atoms with Crippen molar-refractivity contribution in [3.8, 4) is 0 Å². The van der Waals surface area contributed by atoms with Crippen molar-refractivity contribution >= 4 is 5.97 Å². The summed E-state index contributed by atoms with van der Waals surface area (Å²) in [6.07, 6.45) is 7.18. The zero-order valence-corrected chi connectivity index (χ0v) is 8.61. The molecule has 1 N–H and O–H groups in total. The van der Waals surface area contributed by atoms with Gasteiger partial charge in [0.1, 0.15) is 0 Å². The SMILES string of the molecule is O=C(O)c1cc(C2CCCCCC2)no1. The summed E-state index contributed by atoms with van der Waals surface area (Å²) in [7, 11) is 0. The summed E-state index contributed by atoms with van der Waals surface area (Å²) in [5.74, 6) is -0.694. The molecule has 4 nitrogen and oxygen atoms in total. The van der Waals surface area contributed by atoms with Gasteiger partial charge in [-0.15, -0.1) is 0 Å². The van der Waals surface area contributed by atoms with Crippen LogP contribution in [0.3, 0.4) is 0 Å². The standard InChI is InChI=1S/C11H15NO3/c13-11(14)10-7-9(12-15-10)8-5-3-1-2-4-6-8/h7-8H,1-6H2,(H,13,14). The Morgan fingerprint density at radius 1 is 1.33 bits per heavy atom. The van der Waals surface area contributed by atoms with Crippen LogP contribution >= 0.6 is 0 Å². The lowest BCUT2D eigenvalue weighted by Gasteiger charge is -2.08. The minimum absolute atomic E-state index is 0.0470. The second kappa shape index (κ2) is 4.47. The summed E-state index contributed by atoms with van der Waals surface area (Å²) in [4.78, 5) is 10.6. The van der Waals surface area contributed by atoms with Gasteiger partial charge in [-0.1, -0.05) is 30.8 Å². The minimum Gasteiger partial charge on any atom is -0.475 e. The van der Waals surface area contributed by atoms with Gasteiger partial charge < -0.3 is 9.63 Å². The molecule has 4 heteroatoms. The number of aromatic nitrogens is 1. The van der Waals surface area contributed by atoms with Crippen molar-refractivity contribution in [1.29, 1.82) is 0 Å². The zero-order chi connectivity index (χ0) is 10.7. The summed E-state index contributed by atoms with van der Waals surface area (Å²) in [5.41, 5.74) is 0.814. The van der Waals surface area contributed by atoms with Crippen LogP contribution < -0.4 is 0 Å². The second-order valence-corrected chi connectivity index (χ2v) is 4.11. The first-order chi connectivity index (χ1) is 7.27. The second-order valence-electron chi connectivity index (χ2n) is 4.11. The van der Waals surface area contributed by atoms with E-state index in [-0.39, 0.29) is 5.76 Å². The molecular weight excluding hydrogens is 194 g/mol. The molecule has 82 valence electrons. The molecule has 1 aliphatic rings. The van der Waals surface area contributed by atoms with E-state index >= 15 is 0 Å². The van der Waals surface area contributed by atoms with Crippen LogP contribution in [0.2, 0.25) is 0 Å². The van der Waals surface area contributed by atoms with Gasteiger partial charge in [0, 0.05) is 12.0 Å². The summed E-state index contributed by atoms with van der Waals surface area (Å²) < 4.78 is 4.77. The molecule has 1 aliphatic carbocycles. The number of aromatic carboxylic acids is 1. The van der Waals surface area contributed by atoms with E-state index in [9.17, 15) is 4.79 Å². The van der Waals surface area contributed by atoms with E-state index < -0.39 is 5.97 Å². The molecule has 0 amide bonds. The van der Waals surface area contributed by atoms with Crippen LogP contribution in [0.15, 0.2) is 10.6 Å². The molecule has 1 heterocycles. The minimum atomic E-state index is -1.04. The highest BCUT2D eigenvalue weighted by atomic mass is 16.5. The van der Waals surface area contributed by atoms with Gasteiger partial charge in [0.05, 0.1) is 5.69 Å². The summed E-state index contributed by atoms with van der Waals surface area (Å²) in [5, 5.41) is 12.6. The van der Waals surface area contributed by atoms with Gasteiger partial charge in [-0.3, -0.25) is 0 Å². The number of nitrogens with zero attached hydrogens (tertiary/aromatic N) is 1.